The van der Waals surface area contributed by atoms with Crippen molar-refractivity contribution in [3.63, 3.8) is 0 Å². The van der Waals surface area contributed by atoms with Gasteiger partial charge in [0.15, 0.2) is 5.15 Å². The molecular formula is C14H10BrClN4S. The van der Waals surface area contributed by atoms with Gasteiger partial charge in [-0.25, -0.2) is 9.97 Å². The summed E-state index contributed by atoms with van der Waals surface area (Å²) in [5, 5.41) is 6.60. The lowest BCUT2D eigenvalue weighted by molar-refractivity contribution is 1.07. The number of thiazole rings is 1. The lowest BCUT2D eigenvalue weighted by Crippen LogP contribution is -2.01. The van der Waals surface area contributed by atoms with Gasteiger partial charge in [-0.2, -0.15) is 0 Å². The minimum Gasteiger partial charge on any atom is -0.377 e. The molecule has 0 spiro atoms. The summed E-state index contributed by atoms with van der Waals surface area (Å²) in [5.41, 5.74) is 2.60. The van der Waals surface area contributed by atoms with Gasteiger partial charge in [0.25, 0.3) is 0 Å². The lowest BCUT2D eigenvalue weighted by Gasteiger charge is -2.06. The van der Waals surface area contributed by atoms with E-state index in [1.165, 1.54) is 0 Å². The zero-order valence-corrected chi connectivity index (χ0v) is 13.9. The number of pyridine rings is 2. The number of rotatable bonds is 4. The van der Waals surface area contributed by atoms with Crippen molar-refractivity contribution in [2.24, 2.45) is 0 Å². The number of hydrogen-bond acceptors (Lipinski definition) is 5. The molecule has 106 valence electrons. The van der Waals surface area contributed by atoms with Crippen molar-refractivity contribution in [2.75, 3.05) is 5.32 Å². The maximum Gasteiger partial charge on any atom is 0.152 e. The molecule has 0 unspecified atom stereocenters. The van der Waals surface area contributed by atoms with Crippen molar-refractivity contribution < 1.29 is 0 Å². The Labute approximate surface area is 139 Å². The van der Waals surface area contributed by atoms with Crippen LogP contribution in [0, 0.1) is 0 Å². The van der Waals surface area contributed by atoms with Gasteiger partial charge in [-0.15, -0.1) is 11.3 Å². The van der Waals surface area contributed by atoms with Crippen molar-refractivity contribution >= 4 is 44.6 Å². The predicted octanol–water partition coefficient (Wildman–Crippen LogP) is 4.63. The van der Waals surface area contributed by atoms with E-state index in [0.717, 1.165) is 26.6 Å². The quantitative estimate of drug-likeness (QED) is 0.670. The van der Waals surface area contributed by atoms with Gasteiger partial charge in [0.05, 0.1) is 23.6 Å². The molecule has 0 fully saturated rings. The topological polar surface area (TPSA) is 50.7 Å². The Morgan fingerprint density at radius 2 is 2.19 bits per heavy atom. The van der Waals surface area contributed by atoms with Crippen LogP contribution in [0.1, 0.15) is 5.69 Å². The van der Waals surface area contributed by atoms with E-state index < -0.39 is 0 Å². The van der Waals surface area contributed by atoms with Crippen LogP contribution in [0.25, 0.3) is 10.7 Å². The van der Waals surface area contributed by atoms with Gasteiger partial charge in [-0.3, -0.25) is 4.98 Å². The third-order valence-corrected chi connectivity index (χ3v) is 4.35. The molecule has 3 aromatic heterocycles. The number of halogens is 2. The van der Waals surface area contributed by atoms with E-state index >= 15 is 0 Å². The van der Waals surface area contributed by atoms with Crippen molar-refractivity contribution in [2.45, 2.75) is 6.54 Å². The molecule has 0 bridgehead atoms. The molecule has 4 nitrogen and oxygen atoms in total. The zero-order chi connectivity index (χ0) is 14.7. The largest absolute Gasteiger partial charge is 0.377 e. The molecular weight excluding hydrogens is 372 g/mol. The summed E-state index contributed by atoms with van der Waals surface area (Å²) in [6, 6.07) is 7.68. The Hall–Kier alpha value is -1.50. The minimum atomic E-state index is 0.443. The molecule has 7 heteroatoms. The average Bonchev–Trinajstić information content (AvgIpc) is 2.98. The molecule has 3 aromatic rings. The SMILES string of the molecule is Clc1ncc(Br)cc1NCc1csc(-c2ccccn2)n1. The molecule has 1 N–H and O–H groups in total. The summed E-state index contributed by atoms with van der Waals surface area (Å²) < 4.78 is 0.877. The van der Waals surface area contributed by atoms with E-state index in [1.54, 1.807) is 23.7 Å². The van der Waals surface area contributed by atoms with Crippen molar-refractivity contribution in [3.8, 4) is 10.7 Å². The fraction of sp³-hybridized carbons (Fsp3) is 0.0714. The first-order valence-corrected chi connectivity index (χ1v) is 8.18. The molecule has 21 heavy (non-hydrogen) atoms. The molecule has 0 atom stereocenters. The van der Waals surface area contributed by atoms with Crippen LogP contribution in [0.5, 0.6) is 0 Å². The Bertz CT molecular complexity index is 748. The highest BCUT2D eigenvalue weighted by atomic mass is 79.9. The van der Waals surface area contributed by atoms with Gasteiger partial charge in [-0.1, -0.05) is 17.7 Å². The van der Waals surface area contributed by atoms with Crippen LogP contribution >= 0.6 is 38.9 Å². The van der Waals surface area contributed by atoms with E-state index in [9.17, 15) is 0 Å². The third kappa shape index (κ3) is 3.58. The Morgan fingerprint density at radius 1 is 1.29 bits per heavy atom. The summed E-state index contributed by atoms with van der Waals surface area (Å²) in [5.74, 6) is 0. The number of hydrogen-bond donors (Lipinski definition) is 1. The summed E-state index contributed by atoms with van der Waals surface area (Å²) >= 11 is 11.0. The van der Waals surface area contributed by atoms with E-state index in [2.05, 4.69) is 36.2 Å². The molecule has 3 heterocycles. The van der Waals surface area contributed by atoms with E-state index in [1.807, 2.05) is 29.6 Å². The highest BCUT2D eigenvalue weighted by Crippen LogP contribution is 2.25. The van der Waals surface area contributed by atoms with Gasteiger partial charge in [-0.05, 0) is 34.1 Å². The second kappa shape index (κ2) is 6.51. The first kappa shape index (κ1) is 14.4. The standard InChI is InChI=1S/C14H10BrClN4S/c15-9-5-12(13(16)19-6-9)18-7-10-8-21-14(20-10)11-3-1-2-4-17-11/h1-6,8,18H,7H2. The van der Waals surface area contributed by atoms with Crippen LogP contribution < -0.4 is 5.32 Å². The van der Waals surface area contributed by atoms with Gasteiger partial charge in [0.2, 0.25) is 0 Å². The Morgan fingerprint density at radius 3 is 3.00 bits per heavy atom. The number of nitrogens with one attached hydrogen (secondary N) is 1. The second-order valence-electron chi connectivity index (χ2n) is 4.20. The van der Waals surface area contributed by atoms with E-state index in [-0.39, 0.29) is 0 Å². The third-order valence-electron chi connectivity index (χ3n) is 2.70. The zero-order valence-electron chi connectivity index (χ0n) is 10.8. The number of nitrogens with zero attached hydrogens (tertiary/aromatic N) is 3. The van der Waals surface area contributed by atoms with Crippen LogP contribution in [0.4, 0.5) is 5.69 Å². The smallest absolute Gasteiger partial charge is 0.152 e. The number of anilines is 1. The van der Waals surface area contributed by atoms with Crippen LogP contribution in [-0.4, -0.2) is 15.0 Å². The van der Waals surface area contributed by atoms with Crippen molar-refractivity contribution in [3.05, 3.63) is 57.4 Å². The molecule has 0 aliphatic carbocycles. The minimum absolute atomic E-state index is 0.443. The van der Waals surface area contributed by atoms with Crippen LogP contribution in [0.3, 0.4) is 0 Å². The van der Waals surface area contributed by atoms with E-state index in [4.69, 9.17) is 11.6 Å². The second-order valence-corrected chi connectivity index (χ2v) is 6.34. The van der Waals surface area contributed by atoms with Gasteiger partial charge < -0.3 is 5.32 Å². The van der Waals surface area contributed by atoms with Crippen LogP contribution in [0.15, 0.2) is 46.5 Å². The van der Waals surface area contributed by atoms with E-state index in [0.29, 0.717) is 11.7 Å². The highest BCUT2D eigenvalue weighted by molar-refractivity contribution is 9.10. The number of aromatic nitrogens is 3. The Balaban J connectivity index is 1.72. The summed E-state index contributed by atoms with van der Waals surface area (Å²) in [4.78, 5) is 12.9. The lowest BCUT2D eigenvalue weighted by atomic mass is 10.3. The molecule has 0 aromatic carbocycles. The monoisotopic (exact) mass is 380 g/mol. The van der Waals surface area contributed by atoms with Crippen molar-refractivity contribution in [1.82, 2.24) is 15.0 Å². The molecule has 0 amide bonds. The fourth-order valence-corrected chi connectivity index (χ4v) is 3.02. The maximum atomic E-state index is 6.04. The first-order chi connectivity index (χ1) is 10.2. The summed E-state index contributed by atoms with van der Waals surface area (Å²) in [7, 11) is 0. The summed E-state index contributed by atoms with van der Waals surface area (Å²) in [6.07, 6.45) is 3.43. The molecule has 0 aliphatic heterocycles. The summed E-state index contributed by atoms with van der Waals surface area (Å²) in [6.45, 7) is 0.585. The van der Waals surface area contributed by atoms with Gasteiger partial charge in [0.1, 0.15) is 5.01 Å². The average molecular weight is 382 g/mol. The van der Waals surface area contributed by atoms with Gasteiger partial charge >= 0.3 is 0 Å². The van der Waals surface area contributed by atoms with Crippen LogP contribution in [0.2, 0.25) is 5.15 Å². The van der Waals surface area contributed by atoms with Gasteiger partial charge in [0, 0.05) is 22.2 Å². The first-order valence-electron chi connectivity index (χ1n) is 6.13. The molecule has 3 rings (SSSR count). The Kier molecular flexibility index (Phi) is 4.48. The molecule has 0 saturated carbocycles. The predicted molar refractivity (Wildman–Crippen MR) is 89.6 cm³/mol. The van der Waals surface area contributed by atoms with Crippen LogP contribution in [-0.2, 0) is 6.54 Å². The molecule has 0 saturated heterocycles. The molecule has 0 radical (unpaired) electrons. The molecule has 0 aliphatic rings. The normalized spacial score (nSPS) is 10.6. The fourth-order valence-electron chi connectivity index (χ4n) is 1.73. The van der Waals surface area contributed by atoms with Crippen molar-refractivity contribution in [1.29, 1.82) is 0 Å². The maximum absolute atomic E-state index is 6.04. The highest BCUT2D eigenvalue weighted by Gasteiger charge is 2.07.